The molecule has 6 rings (SSSR count). The quantitative estimate of drug-likeness (QED) is 0.906. The Hall–Kier alpha value is -2.03. The Bertz CT molecular complexity index is 708. The molecule has 1 aromatic heterocycles. The third-order valence-electron chi connectivity index (χ3n) is 6.40. The Kier molecular flexibility index (Phi) is 2.76. The first-order valence-electron chi connectivity index (χ1n) is 8.71. The standard InChI is InChI=1S/C20H22N2O/c21-17-3-6-19(22-12-17)23-18-4-1-15(2-5-18)20-10-13-7-14(11-20)9-16(20)8-13/h1-6,12-14,16H,7-11,21H2. The van der Waals surface area contributed by atoms with E-state index in [4.69, 9.17) is 10.5 Å². The van der Waals surface area contributed by atoms with E-state index in [9.17, 15) is 0 Å². The van der Waals surface area contributed by atoms with Crippen LogP contribution in [0.4, 0.5) is 5.69 Å². The molecule has 0 amide bonds. The first-order chi connectivity index (χ1) is 11.2. The molecule has 0 radical (unpaired) electrons. The van der Waals surface area contributed by atoms with E-state index >= 15 is 0 Å². The van der Waals surface area contributed by atoms with E-state index in [0.717, 1.165) is 23.5 Å². The van der Waals surface area contributed by atoms with Crippen LogP contribution in [0.15, 0.2) is 42.6 Å². The van der Waals surface area contributed by atoms with Gasteiger partial charge in [0, 0.05) is 6.07 Å². The molecule has 4 aliphatic rings. The van der Waals surface area contributed by atoms with Crippen molar-refractivity contribution in [2.75, 3.05) is 5.73 Å². The maximum Gasteiger partial charge on any atom is 0.219 e. The van der Waals surface area contributed by atoms with Gasteiger partial charge in [0.1, 0.15) is 5.75 Å². The van der Waals surface area contributed by atoms with Crippen LogP contribution in [0.3, 0.4) is 0 Å². The van der Waals surface area contributed by atoms with Gasteiger partial charge in [-0.25, -0.2) is 4.98 Å². The molecular weight excluding hydrogens is 284 g/mol. The summed E-state index contributed by atoms with van der Waals surface area (Å²) >= 11 is 0. The zero-order valence-electron chi connectivity index (χ0n) is 13.2. The molecule has 0 aliphatic heterocycles. The molecule has 118 valence electrons. The number of nitrogens with two attached hydrogens (primary N) is 1. The summed E-state index contributed by atoms with van der Waals surface area (Å²) in [6, 6.07) is 12.4. The minimum absolute atomic E-state index is 0.478. The van der Waals surface area contributed by atoms with Crippen LogP contribution in [0.25, 0.3) is 0 Å². The molecular formula is C20H22N2O. The Balaban J connectivity index is 1.39. The summed E-state index contributed by atoms with van der Waals surface area (Å²) in [5.74, 6) is 4.34. The molecule has 4 saturated carbocycles. The summed E-state index contributed by atoms with van der Waals surface area (Å²) in [6.07, 6.45) is 8.86. The fourth-order valence-electron chi connectivity index (χ4n) is 5.70. The number of nitrogen functional groups attached to an aromatic ring is 1. The van der Waals surface area contributed by atoms with Gasteiger partial charge in [0.25, 0.3) is 0 Å². The highest BCUT2D eigenvalue weighted by atomic mass is 16.5. The van der Waals surface area contributed by atoms with Gasteiger partial charge < -0.3 is 10.5 Å². The van der Waals surface area contributed by atoms with Gasteiger partial charge >= 0.3 is 0 Å². The molecule has 2 unspecified atom stereocenters. The number of nitrogens with zero attached hydrogens (tertiary/aromatic N) is 1. The van der Waals surface area contributed by atoms with E-state index < -0.39 is 0 Å². The summed E-state index contributed by atoms with van der Waals surface area (Å²) in [6.45, 7) is 0. The predicted molar refractivity (Wildman–Crippen MR) is 90.4 cm³/mol. The number of pyridine rings is 1. The van der Waals surface area contributed by atoms with E-state index in [0.29, 0.717) is 17.0 Å². The predicted octanol–water partition coefficient (Wildman–Crippen LogP) is 4.53. The van der Waals surface area contributed by atoms with Crippen molar-refractivity contribution in [2.24, 2.45) is 17.8 Å². The molecule has 1 heterocycles. The van der Waals surface area contributed by atoms with Crippen LogP contribution in [-0.4, -0.2) is 4.98 Å². The minimum Gasteiger partial charge on any atom is -0.439 e. The van der Waals surface area contributed by atoms with Crippen molar-refractivity contribution in [2.45, 2.75) is 37.5 Å². The summed E-state index contributed by atoms with van der Waals surface area (Å²) in [7, 11) is 0. The third kappa shape index (κ3) is 2.06. The fraction of sp³-hybridized carbons (Fsp3) is 0.450. The first-order valence-corrected chi connectivity index (χ1v) is 8.71. The molecule has 4 bridgehead atoms. The maximum absolute atomic E-state index is 5.82. The van der Waals surface area contributed by atoms with Crippen molar-refractivity contribution in [1.29, 1.82) is 0 Å². The van der Waals surface area contributed by atoms with E-state index in [1.807, 2.05) is 6.07 Å². The van der Waals surface area contributed by atoms with Crippen molar-refractivity contribution in [3.05, 3.63) is 48.2 Å². The molecule has 3 nitrogen and oxygen atoms in total. The number of ether oxygens (including phenoxy) is 1. The highest BCUT2D eigenvalue weighted by Gasteiger charge is 2.58. The molecule has 0 spiro atoms. The SMILES string of the molecule is Nc1ccc(Oc2ccc(C34CC5CC(CC3C5)C4)cc2)nc1. The zero-order chi connectivity index (χ0) is 15.4. The van der Waals surface area contributed by atoms with Gasteiger partial charge in [-0.05, 0) is 79.0 Å². The molecule has 1 aromatic carbocycles. The highest BCUT2D eigenvalue weighted by Crippen LogP contribution is 2.65. The number of aromatic nitrogens is 1. The van der Waals surface area contributed by atoms with Gasteiger partial charge in [0.2, 0.25) is 5.88 Å². The molecule has 2 N–H and O–H groups in total. The second kappa shape index (κ2) is 4.73. The van der Waals surface area contributed by atoms with Gasteiger partial charge in [0.15, 0.2) is 0 Å². The molecule has 2 aromatic rings. The monoisotopic (exact) mass is 306 g/mol. The van der Waals surface area contributed by atoms with Crippen LogP contribution >= 0.6 is 0 Å². The second-order valence-electron chi connectivity index (χ2n) is 7.76. The van der Waals surface area contributed by atoms with Gasteiger partial charge in [-0.3, -0.25) is 0 Å². The van der Waals surface area contributed by atoms with E-state index in [-0.39, 0.29) is 0 Å². The molecule has 3 heteroatoms. The number of anilines is 1. The van der Waals surface area contributed by atoms with Gasteiger partial charge in [-0.1, -0.05) is 12.1 Å². The third-order valence-corrected chi connectivity index (χ3v) is 6.40. The average molecular weight is 306 g/mol. The van der Waals surface area contributed by atoms with Crippen LogP contribution in [0.2, 0.25) is 0 Å². The minimum atomic E-state index is 0.478. The highest BCUT2D eigenvalue weighted by molar-refractivity contribution is 5.40. The Morgan fingerprint density at radius 1 is 0.957 bits per heavy atom. The van der Waals surface area contributed by atoms with E-state index in [2.05, 4.69) is 29.2 Å². The van der Waals surface area contributed by atoms with Crippen LogP contribution in [0, 0.1) is 17.8 Å². The fourth-order valence-corrected chi connectivity index (χ4v) is 5.70. The summed E-state index contributed by atoms with van der Waals surface area (Å²) in [5.41, 5.74) is 8.32. The maximum atomic E-state index is 5.82. The molecule has 23 heavy (non-hydrogen) atoms. The van der Waals surface area contributed by atoms with Crippen molar-refractivity contribution in [3.63, 3.8) is 0 Å². The van der Waals surface area contributed by atoms with Crippen LogP contribution in [0.5, 0.6) is 11.6 Å². The Labute approximate surface area is 136 Å². The van der Waals surface area contributed by atoms with E-state index in [1.54, 1.807) is 12.3 Å². The average Bonchev–Trinajstić information content (AvgIpc) is 2.96. The second-order valence-corrected chi connectivity index (χ2v) is 7.76. The summed E-state index contributed by atoms with van der Waals surface area (Å²) in [5, 5.41) is 0. The van der Waals surface area contributed by atoms with Gasteiger partial charge in [0.05, 0.1) is 11.9 Å². The number of hydrogen-bond donors (Lipinski definition) is 1. The zero-order valence-corrected chi connectivity index (χ0v) is 13.2. The molecule has 4 fully saturated rings. The first kappa shape index (κ1) is 13.4. The topological polar surface area (TPSA) is 48.1 Å². The number of benzene rings is 1. The molecule has 4 aliphatic carbocycles. The van der Waals surface area contributed by atoms with Gasteiger partial charge in [-0.15, -0.1) is 0 Å². The van der Waals surface area contributed by atoms with Gasteiger partial charge in [-0.2, -0.15) is 0 Å². The normalized spacial score (nSPS) is 34.0. The lowest BCUT2D eigenvalue weighted by Gasteiger charge is -2.33. The largest absolute Gasteiger partial charge is 0.439 e. The molecule has 2 atom stereocenters. The lowest BCUT2D eigenvalue weighted by Crippen LogP contribution is -2.27. The summed E-state index contributed by atoms with van der Waals surface area (Å²) < 4.78 is 5.82. The number of rotatable bonds is 3. The molecule has 0 saturated heterocycles. The summed E-state index contributed by atoms with van der Waals surface area (Å²) in [4.78, 5) is 4.19. The van der Waals surface area contributed by atoms with Crippen molar-refractivity contribution in [3.8, 4) is 11.6 Å². The van der Waals surface area contributed by atoms with Crippen molar-refractivity contribution >= 4 is 5.69 Å². The van der Waals surface area contributed by atoms with Crippen molar-refractivity contribution < 1.29 is 4.74 Å². The smallest absolute Gasteiger partial charge is 0.219 e. The lowest BCUT2D eigenvalue weighted by atomic mass is 9.71. The van der Waals surface area contributed by atoms with Crippen LogP contribution in [0.1, 0.15) is 37.7 Å². The number of hydrogen-bond acceptors (Lipinski definition) is 3. The Morgan fingerprint density at radius 2 is 1.70 bits per heavy atom. The van der Waals surface area contributed by atoms with Crippen LogP contribution < -0.4 is 10.5 Å². The Morgan fingerprint density at radius 3 is 2.35 bits per heavy atom. The lowest BCUT2D eigenvalue weighted by molar-refractivity contribution is 0.266. The van der Waals surface area contributed by atoms with Crippen LogP contribution in [-0.2, 0) is 5.41 Å². The van der Waals surface area contributed by atoms with Crippen molar-refractivity contribution in [1.82, 2.24) is 4.98 Å². The van der Waals surface area contributed by atoms with E-state index in [1.165, 1.54) is 37.7 Å².